The quantitative estimate of drug-likeness (QED) is 0.461. The van der Waals surface area contributed by atoms with Crippen molar-refractivity contribution in [3.8, 4) is 0 Å². The molecular weight excluding hydrogens is 318 g/mol. The molecule has 1 rings (SSSR count). The topological polar surface area (TPSA) is 104 Å². The van der Waals surface area contributed by atoms with Gasteiger partial charge in [0, 0.05) is 13.0 Å². The number of hydrogen-bond acceptors (Lipinski definition) is 7. The Morgan fingerprint density at radius 2 is 1.92 bits per heavy atom. The highest BCUT2D eigenvalue weighted by Crippen LogP contribution is 2.11. The van der Waals surface area contributed by atoms with Gasteiger partial charge < -0.3 is 23.9 Å². The molecule has 1 aromatic heterocycles. The molecule has 1 N–H and O–H groups in total. The Balaban J connectivity index is 2.19. The van der Waals surface area contributed by atoms with Crippen LogP contribution in [0.1, 0.15) is 49.9 Å². The van der Waals surface area contributed by atoms with Crippen molar-refractivity contribution >= 4 is 18.0 Å². The molecule has 0 radical (unpaired) electrons. The van der Waals surface area contributed by atoms with Crippen molar-refractivity contribution in [1.82, 2.24) is 5.32 Å². The molecule has 1 heterocycles. The summed E-state index contributed by atoms with van der Waals surface area (Å²) in [5.41, 5.74) is -0.560. The van der Waals surface area contributed by atoms with E-state index in [2.05, 4.69) is 10.1 Å². The molecule has 0 fully saturated rings. The number of carbonyl (C=O) groups is 3. The van der Waals surface area contributed by atoms with Gasteiger partial charge >= 0.3 is 18.0 Å². The van der Waals surface area contributed by atoms with Crippen LogP contribution in [0.3, 0.4) is 0 Å². The number of methoxy groups -OCH3 is 1. The maximum absolute atomic E-state index is 11.6. The minimum atomic E-state index is -0.596. The predicted molar refractivity (Wildman–Crippen MR) is 83.3 cm³/mol. The summed E-state index contributed by atoms with van der Waals surface area (Å²) in [5, 5.41) is 2.55. The van der Waals surface area contributed by atoms with Gasteiger partial charge in [0.05, 0.1) is 7.11 Å². The third-order valence-corrected chi connectivity index (χ3v) is 2.65. The number of esters is 2. The van der Waals surface area contributed by atoms with E-state index in [0.29, 0.717) is 18.7 Å². The molecule has 134 valence electrons. The van der Waals surface area contributed by atoms with Gasteiger partial charge in [-0.3, -0.25) is 4.79 Å². The van der Waals surface area contributed by atoms with Gasteiger partial charge in [0.15, 0.2) is 0 Å². The molecule has 24 heavy (non-hydrogen) atoms. The van der Waals surface area contributed by atoms with Crippen LogP contribution in [0.25, 0.3) is 0 Å². The predicted octanol–water partition coefficient (Wildman–Crippen LogP) is 2.41. The average molecular weight is 341 g/mol. The van der Waals surface area contributed by atoms with Crippen molar-refractivity contribution < 1.29 is 33.0 Å². The highest BCUT2D eigenvalue weighted by atomic mass is 16.6. The highest BCUT2D eigenvalue weighted by molar-refractivity contribution is 5.86. The van der Waals surface area contributed by atoms with Crippen LogP contribution in [0, 0.1) is 0 Å². The zero-order valence-corrected chi connectivity index (χ0v) is 14.3. The van der Waals surface area contributed by atoms with E-state index in [1.54, 1.807) is 20.8 Å². The van der Waals surface area contributed by atoms with E-state index in [4.69, 9.17) is 13.9 Å². The molecule has 1 aromatic rings. The van der Waals surface area contributed by atoms with Gasteiger partial charge in [-0.1, -0.05) is 0 Å². The van der Waals surface area contributed by atoms with Crippen LogP contribution in [-0.4, -0.2) is 37.3 Å². The molecule has 0 spiro atoms. The first-order valence-corrected chi connectivity index (χ1v) is 7.51. The summed E-state index contributed by atoms with van der Waals surface area (Å²) in [7, 11) is 1.25. The Labute approximate surface area is 140 Å². The number of rotatable bonds is 7. The van der Waals surface area contributed by atoms with Crippen LogP contribution >= 0.6 is 0 Å². The van der Waals surface area contributed by atoms with Crippen LogP contribution < -0.4 is 5.32 Å². The lowest BCUT2D eigenvalue weighted by Gasteiger charge is -2.19. The SMILES string of the molecule is COC(=O)c1ccc(COC(=O)CCCNC(=O)OC(C)(C)C)o1. The Morgan fingerprint density at radius 3 is 2.54 bits per heavy atom. The lowest BCUT2D eigenvalue weighted by atomic mass is 10.2. The molecule has 8 heteroatoms. The Hall–Kier alpha value is -2.51. The summed E-state index contributed by atoms with van der Waals surface area (Å²) in [4.78, 5) is 34.2. The molecule has 1 amide bonds. The first-order valence-electron chi connectivity index (χ1n) is 7.51. The van der Waals surface area contributed by atoms with E-state index < -0.39 is 23.6 Å². The van der Waals surface area contributed by atoms with Crippen LogP contribution in [0.2, 0.25) is 0 Å². The largest absolute Gasteiger partial charge is 0.463 e. The zero-order valence-electron chi connectivity index (χ0n) is 14.3. The highest BCUT2D eigenvalue weighted by Gasteiger charge is 2.16. The standard InChI is InChI=1S/C16H23NO7/c1-16(2,3)24-15(20)17-9-5-6-13(18)22-10-11-7-8-12(23-11)14(19)21-4/h7-8H,5-6,9-10H2,1-4H3,(H,17,20). The summed E-state index contributed by atoms with van der Waals surface area (Å²) >= 11 is 0. The Morgan fingerprint density at radius 1 is 1.21 bits per heavy atom. The van der Waals surface area contributed by atoms with E-state index in [1.807, 2.05) is 0 Å². The number of nitrogens with one attached hydrogen (secondary N) is 1. The van der Waals surface area contributed by atoms with Crippen LogP contribution in [0.5, 0.6) is 0 Å². The van der Waals surface area contributed by atoms with Crippen molar-refractivity contribution in [3.63, 3.8) is 0 Å². The molecule has 0 unspecified atom stereocenters. The van der Waals surface area contributed by atoms with E-state index in [-0.39, 0.29) is 18.8 Å². The second-order valence-corrected chi connectivity index (χ2v) is 5.95. The zero-order chi connectivity index (χ0) is 18.2. The molecular formula is C16H23NO7. The molecule has 0 saturated heterocycles. The number of amides is 1. The minimum Gasteiger partial charge on any atom is -0.463 e. The van der Waals surface area contributed by atoms with E-state index in [1.165, 1.54) is 19.2 Å². The Kier molecular flexibility index (Phi) is 7.29. The number of furan rings is 1. The number of alkyl carbamates (subject to hydrolysis) is 1. The fourth-order valence-corrected chi connectivity index (χ4v) is 1.63. The second-order valence-electron chi connectivity index (χ2n) is 5.95. The first kappa shape index (κ1) is 19.5. The van der Waals surface area contributed by atoms with Crippen LogP contribution in [-0.2, 0) is 25.6 Å². The van der Waals surface area contributed by atoms with Gasteiger partial charge in [-0.15, -0.1) is 0 Å². The molecule has 0 bridgehead atoms. The maximum Gasteiger partial charge on any atom is 0.407 e. The number of hydrogen-bond donors (Lipinski definition) is 1. The fourth-order valence-electron chi connectivity index (χ4n) is 1.63. The van der Waals surface area contributed by atoms with Crippen LogP contribution in [0.15, 0.2) is 16.5 Å². The van der Waals surface area contributed by atoms with Gasteiger partial charge in [0.1, 0.15) is 18.0 Å². The van der Waals surface area contributed by atoms with Gasteiger partial charge in [-0.05, 0) is 39.3 Å². The molecule has 0 aliphatic rings. The summed E-state index contributed by atoms with van der Waals surface area (Å²) in [6, 6.07) is 2.98. The maximum atomic E-state index is 11.6. The molecule has 0 aliphatic carbocycles. The summed E-state index contributed by atoms with van der Waals surface area (Å²) < 4.78 is 19.7. The lowest BCUT2D eigenvalue weighted by Crippen LogP contribution is -2.33. The average Bonchev–Trinajstić information content (AvgIpc) is 2.96. The number of ether oxygens (including phenoxy) is 3. The summed E-state index contributed by atoms with van der Waals surface area (Å²) in [6.45, 7) is 5.53. The normalized spacial score (nSPS) is 10.8. The van der Waals surface area contributed by atoms with E-state index >= 15 is 0 Å². The van der Waals surface area contributed by atoms with Crippen molar-refractivity contribution in [2.45, 2.75) is 45.8 Å². The third kappa shape index (κ3) is 7.66. The molecule has 8 nitrogen and oxygen atoms in total. The smallest absolute Gasteiger partial charge is 0.407 e. The lowest BCUT2D eigenvalue weighted by molar-refractivity contribution is -0.145. The first-order chi connectivity index (χ1) is 11.2. The van der Waals surface area contributed by atoms with Gasteiger partial charge in [-0.2, -0.15) is 0 Å². The van der Waals surface area contributed by atoms with Crippen molar-refractivity contribution in [3.05, 3.63) is 23.7 Å². The van der Waals surface area contributed by atoms with Gasteiger partial charge in [0.2, 0.25) is 5.76 Å². The Bertz CT molecular complexity index is 571. The fraction of sp³-hybridized carbons (Fsp3) is 0.562. The van der Waals surface area contributed by atoms with E-state index in [9.17, 15) is 14.4 Å². The molecule has 0 aromatic carbocycles. The number of carbonyl (C=O) groups excluding carboxylic acids is 3. The third-order valence-electron chi connectivity index (χ3n) is 2.65. The van der Waals surface area contributed by atoms with Crippen molar-refractivity contribution in [1.29, 1.82) is 0 Å². The minimum absolute atomic E-state index is 0.0464. The second kappa shape index (κ2) is 8.95. The summed E-state index contributed by atoms with van der Waals surface area (Å²) in [6.07, 6.45) is 0.0334. The molecule has 0 atom stereocenters. The monoisotopic (exact) mass is 341 g/mol. The van der Waals surface area contributed by atoms with Crippen LogP contribution in [0.4, 0.5) is 4.79 Å². The van der Waals surface area contributed by atoms with Crippen molar-refractivity contribution in [2.75, 3.05) is 13.7 Å². The van der Waals surface area contributed by atoms with Crippen molar-refractivity contribution in [2.24, 2.45) is 0 Å². The molecule has 0 aliphatic heterocycles. The molecule has 0 saturated carbocycles. The van der Waals surface area contributed by atoms with Gasteiger partial charge in [-0.25, -0.2) is 9.59 Å². The van der Waals surface area contributed by atoms with Gasteiger partial charge in [0.25, 0.3) is 0 Å². The van der Waals surface area contributed by atoms with E-state index in [0.717, 1.165) is 0 Å². The summed E-state index contributed by atoms with van der Waals surface area (Å²) in [5.74, 6) is -0.640.